The molecular formula is C25H39NO5. The summed E-state index contributed by atoms with van der Waals surface area (Å²) in [6.45, 7) is 6.05. The number of hydrogen-bond donors (Lipinski definition) is 0. The summed E-state index contributed by atoms with van der Waals surface area (Å²) in [6.07, 6.45) is 8.22. The van der Waals surface area contributed by atoms with Crippen LogP contribution in [0.5, 0.6) is 0 Å². The van der Waals surface area contributed by atoms with Gasteiger partial charge in [0.15, 0.2) is 0 Å². The number of carbonyl (C=O) groups excluding carboxylic acids is 2. The van der Waals surface area contributed by atoms with Gasteiger partial charge < -0.3 is 19.1 Å². The van der Waals surface area contributed by atoms with Gasteiger partial charge in [-0.3, -0.25) is 4.79 Å². The highest BCUT2D eigenvalue weighted by molar-refractivity contribution is 5.69. The minimum absolute atomic E-state index is 0.230. The molecule has 6 heteroatoms. The first-order valence-corrected chi connectivity index (χ1v) is 11.9. The molecule has 1 unspecified atom stereocenters. The lowest BCUT2D eigenvalue weighted by molar-refractivity contribution is -0.145. The van der Waals surface area contributed by atoms with Gasteiger partial charge in [-0.05, 0) is 57.2 Å². The van der Waals surface area contributed by atoms with Gasteiger partial charge in [0.05, 0.1) is 6.61 Å². The molecule has 2 rings (SSSR count). The second-order valence-electron chi connectivity index (χ2n) is 8.27. The molecule has 0 N–H and O–H groups in total. The van der Waals surface area contributed by atoms with Gasteiger partial charge in [0, 0.05) is 13.0 Å². The lowest BCUT2D eigenvalue weighted by Crippen LogP contribution is -2.24. The number of hydrogen-bond acceptors (Lipinski definition) is 6. The third kappa shape index (κ3) is 11.8. The fourth-order valence-electron chi connectivity index (χ4n) is 3.77. The highest BCUT2D eigenvalue weighted by Crippen LogP contribution is 2.15. The van der Waals surface area contributed by atoms with Crippen LogP contribution < -0.4 is 0 Å². The Morgan fingerprint density at radius 2 is 1.74 bits per heavy atom. The van der Waals surface area contributed by atoms with E-state index in [1.54, 1.807) is 0 Å². The minimum Gasteiger partial charge on any atom is -0.461 e. The molecular weight excluding hydrogens is 394 g/mol. The molecule has 174 valence electrons. The van der Waals surface area contributed by atoms with E-state index in [1.165, 1.54) is 12.8 Å². The molecule has 6 nitrogen and oxygen atoms in total. The normalized spacial score (nSPS) is 14.9. The number of unbranched alkanes of at least 4 members (excludes halogenated alkanes) is 3. The summed E-state index contributed by atoms with van der Waals surface area (Å²) in [6, 6.07) is 9.61. The van der Waals surface area contributed by atoms with Crippen LogP contribution in [0.15, 0.2) is 30.3 Å². The molecule has 1 aromatic rings. The van der Waals surface area contributed by atoms with Crippen LogP contribution in [-0.4, -0.2) is 49.4 Å². The third-order valence-electron chi connectivity index (χ3n) is 5.59. The first kappa shape index (κ1) is 25.2. The molecule has 1 aliphatic rings. The van der Waals surface area contributed by atoms with Crippen molar-refractivity contribution in [3.63, 3.8) is 0 Å². The van der Waals surface area contributed by atoms with Crippen LogP contribution in [0.25, 0.3) is 0 Å². The van der Waals surface area contributed by atoms with Gasteiger partial charge in [0.2, 0.25) is 0 Å². The van der Waals surface area contributed by atoms with Gasteiger partial charge in [-0.1, -0.05) is 56.5 Å². The smallest absolute Gasteiger partial charge is 0.461 e. The van der Waals surface area contributed by atoms with E-state index in [9.17, 15) is 9.59 Å². The van der Waals surface area contributed by atoms with Crippen LogP contribution in [0.2, 0.25) is 0 Å². The van der Waals surface area contributed by atoms with Crippen molar-refractivity contribution in [2.45, 2.75) is 83.8 Å². The quantitative estimate of drug-likeness (QED) is 0.269. The number of esters is 1. The zero-order chi connectivity index (χ0) is 22.2. The van der Waals surface area contributed by atoms with Gasteiger partial charge in [-0.2, -0.15) is 0 Å². The fourth-order valence-corrected chi connectivity index (χ4v) is 3.77. The van der Waals surface area contributed by atoms with Gasteiger partial charge in [-0.15, -0.1) is 0 Å². The molecule has 1 saturated heterocycles. The molecule has 1 heterocycles. The Labute approximate surface area is 187 Å². The predicted molar refractivity (Wildman–Crippen MR) is 121 cm³/mol. The number of nitrogens with zero attached hydrogens (tertiary/aromatic N) is 1. The maximum atomic E-state index is 12.1. The van der Waals surface area contributed by atoms with Crippen LogP contribution in [0, 0.1) is 0 Å². The van der Waals surface area contributed by atoms with E-state index in [-0.39, 0.29) is 25.1 Å². The van der Waals surface area contributed by atoms with E-state index in [4.69, 9.17) is 14.2 Å². The Balaban J connectivity index is 1.66. The Morgan fingerprint density at radius 3 is 2.48 bits per heavy atom. The van der Waals surface area contributed by atoms with Crippen LogP contribution >= 0.6 is 0 Å². The summed E-state index contributed by atoms with van der Waals surface area (Å²) in [7, 11) is 0. The SMILES string of the molecule is CCCCCCC(CCC(=O)OCc1ccccc1)OC(=O)OCCCN1CCCC1. The maximum absolute atomic E-state index is 12.1. The molecule has 1 atom stereocenters. The molecule has 0 bridgehead atoms. The zero-order valence-corrected chi connectivity index (χ0v) is 19.1. The number of rotatable bonds is 15. The average Bonchev–Trinajstić information content (AvgIpc) is 3.30. The van der Waals surface area contributed by atoms with E-state index in [2.05, 4.69) is 11.8 Å². The highest BCUT2D eigenvalue weighted by atomic mass is 16.7. The summed E-state index contributed by atoms with van der Waals surface area (Å²) >= 11 is 0. The van der Waals surface area contributed by atoms with Crippen molar-refractivity contribution in [3.05, 3.63) is 35.9 Å². The van der Waals surface area contributed by atoms with Crippen molar-refractivity contribution in [1.82, 2.24) is 4.90 Å². The Bertz CT molecular complexity index is 616. The number of ether oxygens (including phenoxy) is 3. The lowest BCUT2D eigenvalue weighted by Gasteiger charge is -2.18. The molecule has 0 spiro atoms. The molecule has 0 aliphatic carbocycles. The first-order chi connectivity index (χ1) is 15.2. The topological polar surface area (TPSA) is 65.1 Å². The predicted octanol–water partition coefficient (Wildman–Crippen LogP) is 5.49. The summed E-state index contributed by atoms with van der Waals surface area (Å²) in [5.74, 6) is -0.273. The van der Waals surface area contributed by atoms with Crippen LogP contribution in [0.3, 0.4) is 0 Å². The molecule has 31 heavy (non-hydrogen) atoms. The molecule has 0 aromatic heterocycles. The number of benzene rings is 1. The third-order valence-corrected chi connectivity index (χ3v) is 5.59. The minimum atomic E-state index is -0.625. The van der Waals surface area contributed by atoms with E-state index in [0.717, 1.165) is 63.7 Å². The van der Waals surface area contributed by atoms with Crippen molar-refractivity contribution >= 4 is 12.1 Å². The molecule has 1 fully saturated rings. The van der Waals surface area contributed by atoms with Gasteiger partial charge in [0.25, 0.3) is 0 Å². The zero-order valence-electron chi connectivity index (χ0n) is 19.1. The van der Waals surface area contributed by atoms with Crippen molar-refractivity contribution in [1.29, 1.82) is 0 Å². The largest absolute Gasteiger partial charge is 0.508 e. The summed E-state index contributed by atoms with van der Waals surface area (Å²) < 4.78 is 16.1. The summed E-state index contributed by atoms with van der Waals surface area (Å²) in [5, 5.41) is 0. The maximum Gasteiger partial charge on any atom is 0.508 e. The number of carbonyl (C=O) groups is 2. The Hall–Kier alpha value is -2.08. The van der Waals surface area contributed by atoms with Gasteiger partial charge >= 0.3 is 12.1 Å². The Kier molecular flexibility index (Phi) is 12.7. The molecule has 1 aliphatic heterocycles. The fraction of sp³-hybridized carbons (Fsp3) is 0.680. The number of likely N-dealkylation sites (tertiary alicyclic amines) is 1. The molecule has 0 amide bonds. The van der Waals surface area contributed by atoms with Crippen molar-refractivity contribution < 1.29 is 23.8 Å². The highest BCUT2D eigenvalue weighted by Gasteiger charge is 2.18. The van der Waals surface area contributed by atoms with Crippen LogP contribution in [0.4, 0.5) is 4.79 Å². The van der Waals surface area contributed by atoms with E-state index in [1.807, 2.05) is 30.3 Å². The van der Waals surface area contributed by atoms with E-state index in [0.29, 0.717) is 13.0 Å². The second-order valence-corrected chi connectivity index (χ2v) is 8.27. The van der Waals surface area contributed by atoms with Crippen LogP contribution in [-0.2, 0) is 25.6 Å². The lowest BCUT2D eigenvalue weighted by atomic mass is 10.1. The van der Waals surface area contributed by atoms with Crippen molar-refractivity contribution in [2.75, 3.05) is 26.2 Å². The van der Waals surface area contributed by atoms with E-state index < -0.39 is 6.16 Å². The molecule has 0 saturated carbocycles. The summed E-state index contributed by atoms with van der Waals surface area (Å²) in [4.78, 5) is 26.6. The van der Waals surface area contributed by atoms with Gasteiger partial charge in [-0.25, -0.2) is 4.79 Å². The van der Waals surface area contributed by atoms with Crippen molar-refractivity contribution in [3.8, 4) is 0 Å². The second kappa shape index (κ2) is 15.7. The van der Waals surface area contributed by atoms with Crippen molar-refractivity contribution in [2.24, 2.45) is 0 Å². The van der Waals surface area contributed by atoms with E-state index >= 15 is 0 Å². The molecule has 0 radical (unpaired) electrons. The molecule has 1 aromatic carbocycles. The Morgan fingerprint density at radius 1 is 0.968 bits per heavy atom. The average molecular weight is 434 g/mol. The van der Waals surface area contributed by atoms with Crippen LogP contribution in [0.1, 0.15) is 76.7 Å². The summed E-state index contributed by atoms with van der Waals surface area (Å²) in [5.41, 5.74) is 0.959. The first-order valence-electron chi connectivity index (χ1n) is 11.9. The standard InChI is InChI=1S/C25H39NO5/c1-2-3-4-8-14-23(15-16-24(27)30-21-22-12-6-5-7-13-22)31-25(28)29-20-11-19-26-17-9-10-18-26/h5-7,12-13,23H,2-4,8-11,14-21H2,1H3. The monoisotopic (exact) mass is 433 g/mol. The van der Waals surface area contributed by atoms with Gasteiger partial charge in [0.1, 0.15) is 12.7 Å².